The van der Waals surface area contributed by atoms with Gasteiger partial charge in [0, 0.05) is 5.56 Å². The highest BCUT2D eigenvalue weighted by Crippen LogP contribution is 2.06. The van der Waals surface area contributed by atoms with Gasteiger partial charge in [-0.05, 0) is 13.0 Å². The lowest BCUT2D eigenvalue weighted by Gasteiger charge is -1.84. The second kappa shape index (κ2) is 2.56. The topological polar surface area (TPSA) is 50.4 Å². The number of hydrogen-bond donors (Lipinski definition) is 1. The van der Waals surface area contributed by atoms with Crippen LogP contribution in [-0.2, 0) is 11.2 Å². The van der Waals surface area contributed by atoms with E-state index in [4.69, 9.17) is 9.52 Å². The van der Waals surface area contributed by atoms with Crippen LogP contribution in [0.4, 0.5) is 0 Å². The molecular weight excluding hydrogens is 132 g/mol. The SMILES string of the molecule is Cc1cc(CC(=O)O)co1. The Bertz CT molecular complexity index is 237. The van der Waals surface area contributed by atoms with Gasteiger partial charge in [-0.15, -0.1) is 0 Å². The first-order chi connectivity index (χ1) is 4.68. The second-order valence-corrected chi connectivity index (χ2v) is 2.14. The van der Waals surface area contributed by atoms with E-state index < -0.39 is 5.97 Å². The summed E-state index contributed by atoms with van der Waals surface area (Å²) in [4.78, 5) is 10.1. The van der Waals surface area contributed by atoms with Crippen LogP contribution in [-0.4, -0.2) is 11.1 Å². The predicted octanol–water partition coefficient (Wildman–Crippen LogP) is 1.22. The molecule has 0 spiro atoms. The Hall–Kier alpha value is -1.25. The van der Waals surface area contributed by atoms with Crippen LogP contribution in [0.3, 0.4) is 0 Å². The minimum absolute atomic E-state index is 0.0390. The van der Waals surface area contributed by atoms with Crippen molar-refractivity contribution in [1.82, 2.24) is 0 Å². The van der Waals surface area contributed by atoms with Crippen LogP contribution in [0.2, 0.25) is 0 Å². The summed E-state index contributed by atoms with van der Waals surface area (Å²) < 4.78 is 4.90. The van der Waals surface area contributed by atoms with Crippen molar-refractivity contribution in [1.29, 1.82) is 0 Å². The van der Waals surface area contributed by atoms with Gasteiger partial charge < -0.3 is 9.52 Å². The molecule has 0 amide bonds. The Labute approximate surface area is 58.3 Å². The third-order valence-electron chi connectivity index (χ3n) is 1.14. The van der Waals surface area contributed by atoms with Crippen molar-refractivity contribution in [2.45, 2.75) is 13.3 Å². The monoisotopic (exact) mass is 140 g/mol. The van der Waals surface area contributed by atoms with E-state index in [2.05, 4.69) is 0 Å². The van der Waals surface area contributed by atoms with Crippen molar-refractivity contribution in [3.63, 3.8) is 0 Å². The lowest BCUT2D eigenvalue weighted by atomic mass is 10.2. The molecule has 0 atom stereocenters. The van der Waals surface area contributed by atoms with Crippen LogP contribution in [0.5, 0.6) is 0 Å². The zero-order valence-corrected chi connectivity index (χ0v) is 5.63. The molecule has 0 aromatic carbocycles. The first-order valence-electron chi connectivity index (χ1n) is 2.94. The minimum atomic E-state index is -0.833. The van der Waals surface area contributed by atoms with E-state index >= 15 is 0 Å². The first kappa shape index (κ1) is 6.86. The molecule has 3 nitrogen and oxygen atoms in total. The molecule has 1 N–H and O–H groups in total. The van der Waals surface area contributed by atoms with Gasteiger partial charge in [0.1, 0.15) is 5.76 Å². The molecule has 1 rings (SSSR count). The molecule has 0 bridgehead atoms. The highest BCUT2D eigenvalue weighted by atomic mass is 16.4. The lowest BCUT2D eigenvalue weighted by Crippen LogP contribution is -1.97. The van der Waals surface area contributed by atoms with Crippen molar-refractivity contribution in [2.24, 2.45) is 0 Å². The van der Waals surface area contributed by atoms with E-state index in [-0.39, 0.29) is 6.42 Å². The molecule has 0 aliphatic carbocycles. The van der Waals surface area contributed by atoms with Crippen molar-refractivity contribution >= 4 is 5.97 Å². The fourth-order valence-corrected chi connectivity index (χ4v) is 0.765. The average molecular weight is 140 g/mol. The molecule has 0 aliphatic rings. The molecule has 0 fully saturated rings. The summed E-state index contributed by atoms with van der Waals surface area (Å²) >= 11 is 0. The van der Waals surface area contributed by atoms with Crippen molar-refractivity contribution in [2.75, 3.05) is 0 Å². The minimum Gasteiger partial charge on any atom is -0.481 e. The standard InChI is InChI=1S/C7H8O3/c1-5-2-6(4-10-5)3-7(8)9/h2,4H,3H2,1H3,(H,8,9). The number of aliphatic carboxylic acids is 1. The highest BCUT2D eigenvalue weighted by Gasteiger charge is 2.01. The van der Waals surface area contributed by atoms with Gasteiger partial charge in [0.15, 0.2) is 0 Å². The average Bonchev–Trinajstić information content (AvgIpc) is 2.13. The van der Waals surface area contributed by atoms with Crippen molar-refractivity contribution < 1.29 is 14.3 Å². The third-order valence-corrected chi connectivity index (χ3v) is 1.14. The molecule has 1 heterocycles. The van der Waals surface area contributed by atoms with Crippen LogP contribution >= 0.6 is 0 Å². The van der Waals surface area contributed by atoms with Crippen LogP contribution in [0.25, 0.3) is 0 Å². The largest absolute Gasteiger partial charge is 0.481 e. The van der Waals surface area contributed by atoms with Crippen molar-refractivity contribution in [3.8, 4) is 0 Å². The van der Waals surface area contributed by atoms with Crippen LogP contribution in [0.15, 0.2) is 16.7 Å². The van der Waals surface area contributed by atoms with Crippen LogP contribution < -0.4 is 0 Å². The molecule has 54 valence electrons. The molecule has 10 heavy (non-hydrogen) atoms. The summed E-state index contributed by atoms with van der Waals surface area (Å²) in [5.41, 5.74) is 0.713. The maximum absolute atomic E-state index is 10.1. The van der Waals surface area contributed by atoms with Gasteiger partial charge in [-0.3, -0.25) is 4.79 Å². The number of carbonyl (C=O) groups is 1. The van der Waals surface area contributed by atoms with Crippen molar-refractivity contribution in [3.05, 3.63) is 23.7 Å². The number of aryl methyl sites for hydroxylation is 1. The highest BCUT2D eigenvalue weighted by molar-refractivity contribution is 5.69. The molecule has 0 aliphatic heterocycles. The van der Waals surface area contributed by atoms with Gasteiger partial charge in [0.2, 0.25) is 0 Å². The number of rotatable bonds is 2. The summed E-state index contributed by atoms with van der Waals surface area (Å²) in [6.07, 6.45) is 1.50. The van der Waals surface area contributed by atoms with Crippen LogP contribution in [0.1, 0.15) is 11.3 Å². The second-order valence-electron chi connectivity index (χ2n) is 2.14. The summed E-state index contributed by atoms with van der Waals surface area (Å²) in [6.45, 7) is 1.78. The van der Waals surface area contributed by atoms with E-state index in [9.17, 15) is 4.79 Å². The molecule has 3 heteroatoms. The first-order valence-corrected chi connectivity index (χ1v) is 2.94. The molecule has 1 aromatic rings. The number of furan rings is 1. The lowest BCUT2D eigenvalue weighted by molar-refractivity contribution is -0.136. The molecule has 0 saturated carbocycles. The van der Waals surface area contributed by atoms with E-state index in [1.165, 1.54) is 6.26 Å². The Morgan fingerprint density at radius 2 is 2.50 bits per heavy atom. The smallest absolute Gasteiger partial charge is 0.307 e. The van der Waals surface area contributed by atoms with E-state index in [0.29, 0.717) is 5.56 Å². The number of carboxylic acids is 1. The molecule has 0 unspecified atom stereocenters. The fourth-order valence-electron chi connectivity index (χ4n) is 0.765. The fraction of sp³-hybridized carbons (Fsp3) is 0.286. The van der Waals surface area contributed by atoms with Gasteiger partial charge in [-0.2, -0.15) is 0 Å². The number of carboxylic acid groups (broad SMARTS) is 1. The summed E-state index contributed by atoms with van der Waals surface area (Å²) in [7, 11) is 0. The van der Waals surface area contributed by atoms with Gasteiger partial charge in [0.05, 0.1) is 12.7 Å². The zero-order valence-electron chi connectivity index (χ0n) is 5.63. The van der Waals surface area contributed by atoms with Gasteiger partial charge in [-0.1, -0.05) is 0 Å². The molecule has 1 aromatic heterocycles. The maximum Gasteiger partial charge on any atom is 0.307 e. The van der Waals surface area contributed by atoms with Gasteiger partial charge >= 0.3 is 5.97 Å². The molecule has 0 radical (unpaired) electrons. The zero-order chi connectivity index (χ0) is 7.56. The van der Waals surface area contributed by atoms with Gasteiger partial charge in [0.25, 0.3) is 0 Å². The van der Waals surface area contributed by atoms with E-state index in [1.54, 1.807) is 13.0 Å². The predicted molar refractivity (Wildman–Crippen MR) is 34.8 cm³/mol. The van der Waals surface area contributed by atoms with Gasteiger partial charge in [-0.25, -0.2) is 0 Å². The summed E-state index contributed by atoms with van der Waals surface area (Å²) in [6, 6.07) is 1.72. The number of hydrogen-bond acceptors (Lipinski definition) is 2. The Morgan fingerprint density at radius 1 is 1.80 bits per heavy atom. The normalized spacial score (nSPS) is 9.70. The Balaban J connectivity index is 2.67. The summed E-state index contributed by atoms with van der Waals surface area (Å²) in [5.74, 6) is -0.0861. The third kappa shape index (κ3) is 1.62. The molecular formula is C7H8O3. The van der Waals surface area contributed by atoms with Crippen LogP contribution in [0, 0.1) is 6.92 Å². The molecule has 0 saturated heterocycles. The maximum atomic E-state index is 10.1. The Morgan fingerprint density at radius 3 is 2.90 bits per heavy atom. The summed E-state index contributed by atoms with van der Waals surface area (Å²) in [5, 5.41) is 8.33. The Kier molecular flexibility index (Phi) is 1.76. The van der Waals surface area contributed by atoms with E-state index in [0.717, 1.165) is 5.76 Å². The van der Waals surface area contributed by atoms with E-state index in [1.807, 2.05) is 0 Å². The quantitative estimate of drug-likeness (QED) is 0.671.